The Bertz CT molecular complexity index is 935. The van der Waals surface area contributed by atoms with Gasteiger partial charge in [0.05, 0.1) is 33.3 Å². The first-order chi connectivity index (χ1) is 11.9. The summed E-state index contributed by atoms with van der Waals surface area (Å²) in [6, 6.07) is 5.14. The van der Waals surface area contributed by atoms with E-state index in [0.29, 0.717) is 16.2 Å². The lowest BCUT2D eigenvalue weighted by molar-refractivity contribution is -0.132. The molecule has 0 radical (unpaired) electrons. The average Bonchev–Trinajstić information content (AvgIpc) is 3.32. The third-order valence-corrected chi connectivity index (χ3v) is 7.41. The van der Waals surface area contributed by atoms with E-state index in [2.05, 4.69) is 4.98 Å². The van der Waals surface area contributed by atoms with Crippen molar-refractivity contribution < 1.29 is 19.1 Å². The zero-order valence-electron chi connectivity index (χ0n) is 13.8. The van der Waals surface area contributed by atoms with E-state index in [0.717, 1.165) is 23.8 Å². The van der Waals surface area contributed by atoms with Crippen molar-refractivity contribution in [2.24, 2.45) is 10.8 Å². The lowest BCUT2D eigenvalue weighted by Gasteiger charge is -2.36. The Balaban J connectivity index is 1.65. The SMILES string of the molecule is C[C@@]12C(=O)N(c3nc4ccc(C=O)cc4s3)C(=O)[C@]1(C)C1CCC2O1. The molecule has 2 unspecified atom stereocenters. The van der Waals surface area contributed by atoms with Gasteiger partial charge in [0.25, 0.3) is 0 Å². The Morgan fingerprint density at radius 2 is 1.84 bits per heavy atom. The van der Waals surface area contributed by atoms with Crippen LogP contribution in [0.15, 0.2) is 18.2 Å². The molecule has 2 aromatic rings. The topological polar surface area (TPSA) is 76.6 Å². The van der Waals surface area contributed by atoms with Gasteiger partial charge in [-0.2, -0.15) is 0 Å². The van der Waals surface area contributed by atoms with Crippen LogP contribution in [0.3, 0.4) is 0 Å². The fraction of sp³-hybridized carbons (Fsp3) is 0.444. The van der Waals surface area contributed by atoms with Crippen LogP contribution < -0.4 is 4.90 Å². The molecule has 2 bridgehead atoms. The highest BCUT2D eigenvalue weighted by atomic mass is 32.1. The highest BCUT2D eigenvalue weighted by Crippen LogP contribution is 2.64. The number of nitrogens with zero attached hydrogens (tertiary/aromatic N) is 2. The maximum atomic E-state index is 13.3. The van der Waals surface area contributed by atoms with Gasteiger partial charge in [0.15, 0.2) is 5.13 Å². The number of aromatic nitrogens is 1. The van der Waals surface area contributed by atoms with Crippen LogP contribution in [0.1, 0.15) is 37.0 Å². The second-order valence-electron chi connectivity index (χ2n) is 7.38. The predicted molar refractivity (Wildman–Crippen MR) is 91.6 cm³/mol. The number of ether oxygens (including phenoxy) is 1. The molecule has 3 aliphatic rings. The summed E-state index contributed by atoms with van der Waals surface area (Å²) in [6.07, 6.45) is 1.98. The third-order valence-electron chi connectivity index (χ3n) is 6.41. The second kappa shape index (κ2) is 4.53. The van der Waals surface area contributed by atoms with Crippen LogP contribution in [0.4, 0.5) is 5.13 Å². The van der Waals surface area contributed by atoms with Gasteiger partial charge >= 0.3 is 0 Å². The quantitative estimate of drug-likeness (QED) is 0.610. The maximum absolute atomic E-state index is 13.3. The standard InChI is InChI=1S/C18H16N2O4S/c1-17-12-5-6-13(24-12)18(17,2)15(23)20(14(17)22)16-19-10-4-3-9(8-21)7-11(10)25-16/h3-4,7-8,12-13H,5-6H2,1-2H3/t12?,13?,17-,18+. The maximum Gasteiger partial charge on any atom is 0.245 e. The molecule has 5 rings (SSSR count). The summed E-state index contributed by atoms with van der Waals surface area (Å²) in [7, 11) is 0. The molecule has 0 spiro atoms. The summed E-state index contributed by atoms with van der Waals surface area (Å²) in [6.45, 7) is 3.71. The number of amides is 2. The second-order valence-corrected chi connectivity index (χ2v) is 8.39. The van der Waals surface area contributed by atoms with Gasteiger partial charge in [-0.3, -0.25) is 14.4 Å². The average molecular weight is 356 g/mol. The number of carbonyl (C=O) groups excluding carboxylic acids is 3. The van der Waals surface area contributed by atoms with E-state index < -0.39 is 10.8 Å². The molecule has 7 heteroatoms. The summed E-state index contributed by atoms with van der Waals surface area (Å²) in [5.41, 5.74) is -0.445. The van der Waals surface area contributed by atoms with Gasteiger partial charge in [0, 0.05) is 5.56 Å². The molecule has 3 aliphatic heterocycles. The highest BCUT2D eigenvalue weighted by Gasteiger charge is 2.77. The summed E-state index contributed by atoms with van der Waals surface area (Å²) < 4.78 is 6.72. The van der Waals surface area contributed by atoms with Crippen molar-refractivity contribution in [3.63, 3.8) is 0 Å². The fourth-order valence-electron chi connectivity index (χ4n) is 4.70. The molecule has 3 fully saturated rings. The van der Waals surface area contributed by atoms with E-state index in [1.807, 2.05) is 13.8 Å². The molecule has 4 atom stereocenters. The molecule has 128 valence electrons. The first-order valence-electron chi connectivity index (χ1n) is 8.31. The minimum Gasteiger partial charge on any atom is -0.373 e. The van der Waals surface area contributed by atoms with Gasteiger partial charge in [-0.05, 0) is 44.9 Å². The van der Waals surface area contributed by atoms with Gasteiger partial charge in [-0.25, -0.2) is 9.88 Å². The van der Waals surface area contributed by atoms with E-state index in [1.54, 1.807) is 18.2 Å². The highest BCUT2D eigenvalue weighted by molar-refractivity contribution is 7.22. The van der Waals surface area contributed by atoms with Gasteiger partial charge in [-0.15, -0.1) is 0 Å². The zero-order valence-corrected chi connectivity index (χ0v) is 14.6. The predicted octanol–water partition coefficient (Wildman–Crippen LogP) is 2.56. The fourth-order valence-corrected chi connectivity index (χ4v) is 5.71. The van der Waals surface area contributed by atoms with Crippen molar-refractivity contribution >= 4 is 44.8 Å². The van der Waals surface area contributed by atoms with Crippen LogP contribution in [0.5, 0.6) is 0 Å². The summed E-state index contributed by atoms with van der Waals surface area (Å²) in [5, 5.41) is 0.379. The van der Waals surface area contributed by atoms with Crippen molar-refractivity contribution in [3.8, 4) is 0 Å². The number of carbonyl (C=O) groups is 3. The van der Waals surface area contributed by atoms with Crippen molar-refractivity contribution in [2.45, 2.75) is 38.9 Å². The van der Waals surface area contributed by atoms with Crippen molar-refractivity contribution in [1.29, 1.82) is 0 Å². The first kappa shape index (κ1) is 15.2. The Kier molecular flexibility index (Phi) is 2.75. The molecule has 4 heterocycles. The number of benzene rings is 1. The van der Waals surface area contributed by atoms with Crippen molar-refractivity contribution in [1.82, 2.24) is 4.98 Å². The summed E-state index contributed by atoms with van der Waals surface area (Å²) >= 11 is 1.26. The zero-order chi connectivity index (χ0) is 17.6. The number of fused-ring (bicyclic) bond motifs is 6. The molecule has 0 N–H and O–H groups in total. The molecular weight excluding hydrogens is 340 g/mol. The lowest BCUT2D eigenvalue weighted by atomic mass is 9.59. The Morgan fingerprint density at radius 1 is 1.20 bits per heavy atom. The smallest absolute Gasteiger partial charge is 0.245 e. The van der Waals surface area contributed by atoms with Crippen LogP contribution in [-0.2, 0) is 14.3 Å². The van der Waals surface area contributed by atoms with E-state index in [-0.39, 0.29) is 24.0 Å². The van der Waals surface area contributed by atoms with Crippen molar-refractivity contribution in [2.75, 3.05) is 4.90 Å². The molecule has 0 saturated carbocycles. The number of imide groups is 1. The molecule has 25 heavy (non-hydrogen) atoms. The molecule has 3 saturated heterocycles. The Labute approximate surface area is 147 Å². The van der Waals surface area contributed by atoms with Crippen LogP contribution >= 0.6 is 11.3 Å². The number of hydrogen-bond donors (Lipinski definition) is 0. The monoisotopic (exact) mass is 356 g/mol. The molecule has 0 aliphatic carbocycles. The van der Waals surface area contributed by atoms with E-state index >= 15 is 0 Å². The van der Waals surface area contributed by atoms with Crippen LogP contribution in [0.2, 0.25) is 0 Å². The first-order valence-corrected chi connectivity index (χ1v) is 9.13. The minimum atomic E-state index is -0.835. The van der Waals surface area contributed by atoms with Crippen LogP contribution in [0.25, 0.3) is 10.2 Å². The molecular formula is C18H16N2O4S. The van der Waals surface area contributed by atoms with E-state index in [4.69, 9.17) is 4.74 Å². The number of anilines is 1. The number of aldehydes is 1. The lowest BCUT2D eigenvalue weighted by Crippen LogP contribution is -2.48. The molecule has 1 aromatic heterocycles. The van der Waals surface area contributed by atoms with Crippen LogP contribution in [0, 0.1) is 10.8 Å². The number of rotatable bonds is 2. The largest absolute Gasteiger partial charge is 0.373 e. The Morgan fingerprint density at radius 3 is 2.44 bits per heavy atom. The van der Waals surface area contributed by atoms with E-state index in [9.17, 15) is 14.4 Å². The Hall–Kier alpha value is -2.12. The summed E-state index contributed by atoms with van der Waals surface area (Å²) in [4.78, 5) is 43.2. The number of thiazole rings is 1. The van der Waals surface area contributed by atoms with Gasteiger partial charge < -0.3 is 4.74 Å². The van der Waals surface area contributed by atoms with E-state index in [1.165, 1.54) is 16.2 Å². The van der Waals surface area contributed by atoms with Crippen LogP contribution in [-0.4, -0.2) is 35.3 Å². The molecule has 2 amide bonds. The molecule has 1 aromatic carbocycles. The van der Waals surface area contributed by atoms with Gasteiger partial charge in [0.2, 0.25) is 11.8 Å². The van der Waals surface area contributed by atoms with Gasteiger partial charge in [-0.1, -0.05) is 11.3 Å². The van der Waals surface area contributed by atoms with Crippen molar-refractivity contribution in [3.05, 3.63) is 23.8 Å². The minimum absolute atomic E-state index is 0.208. The van der Waals surface area contributed by atoms with Gasteiger partial charge in [0.1, 0.15) is 6.29 Å². The normalized spacial score (nSPS) is 36.5. The number of hydrogen-bond acceptors (Lipinski definition) is 6. The third kappa shape index (κ3) is 1.54. The molecule has 6 nitrogen and oxygen atoms in total. The summed E-state index contributed by atoms with van der Waals surface area (Å²) in [5.74, 6) is -0.441.